The summed E-state index contributed by atoms with van der Waals surface area (Å²) >= 11 is 0. The summed E-state index contributed by atoms with van der Waals surface area (Å²) < 4.78 is 28.9. The summed E-state index contributed by atoms with van der Waals surface area (Å²) in [6, 6.07) is 14.0. The van der Waals surface area contributed by atoms with Crippen LogP contribution in [0.15, 0.2) is 54.6 Å². The van der Waals surface area contributed by atoms with Gasteiger partial charge in [0.05, 0.1) is 5.69 Å². The standard InChI is InChI=1S/C30H28F2N4O5/c1-18-14-20(29(40)34-13-5-4-7-19-6-2-3-8-23(19)34)9-10-21(18)15-33-30(41)36-16-25(37)35(17-26(38)39)24-12-11-22(31)27(32)28(24)36/h2-3,6,8-12,14H,4-5,7,13,15-17H2,1H3,(H,33,41)(H,38,39). The molecule has 0 saturated heterocycles. The molecule has 2 heterocycles. The number of carboxylic acid groups (broad SMARTS) is 1. The Labute approximate surface area is 235 Å². The molecule has 0 atom stereocenters. The number of para-hydroxylation sites is 1. The zero-order valence-electron chi connectivity index (χ0n) is 22.3. The van der Waals surface area contributed by atoms with E-state index in [1.165, 1.54) is 0 Å². The fraction of sp³-hybridized carbons (Fsp3) is 0.267. The quantitative estimate of drug-likeness (QED) is 0.479. The van der Waals surface area contributed by atoms with Crippen molar-refractivity contribution >= 4 is 40.9 Å². The number of carbonyl (C=O) groups is 4. The summed E-state index contributed by atoms with van der Waals surface area (Å²) in [6.07, 6.45) is 2.81. The number of carbonyl (C=O) groups excluding carboxylic acids is 3. The van der Waals surface area contributed by atoms with Gasteiger partial charge in [0.1, 0.15) is 18.8 Å². The molecule has 0 aromatic heterocycles. The van der Waals surface area contributed by atoms with Crippen molar-refractivity contribution in [1.82, 2.24) is 5.32 Å². The molecule has 0 spiro atoms. The highest BCUT2D eigenvalue weighted by Crippen LogP contribution is 2.37. The minimum atomic E-state index is -1.37. The maximum absolute atomic E-state index is 14.8. The number of aryl methyl sites for hydroxylation is 2. The first kappa shape index (κ1) is 27.8. The molecular weight excluding hydrogens is 534 g/mol. The first-order chi connectivity index (χ1) is 19.7. The molecule has 0 saturated carbocycles. The smallest absolute Gasteiger partial charge is 0.323 e. The molecule has 9 nitrogen and oxygen atoms in total. The average molecular weight is 563 g/mol. The van der Waals surface area contributed by atoms with Crippen molar-refractivity contribution in [2.75, 3.05) is 34.3 Å². The molecule has 41 heavy (non-hydrogen) atoms. The van der Waals surface area contributed by atoms with Gasteiger partial charge in [-0.1, -0.05) is 24.3 Å². The third kappa shape index (κ3) is 5.47. The molecule has 4 amide bonds. The average Bonchev–Trinajstić information content (AvgIpc) is 3.17. The van der Waals surface area contributed by atoms with Crippen LogP contribution >= 0.6 is 0 Å². The number of halogens is 2. The number of fused-ring (bicyclic) bond motifs is 2. The Hall–Kier alpha value is -4.80. The monoisotopic (exact) mass is 562 g/mol. The highest BCUT2D eigenvalue weighted by atomic mass is 19.2. The van der Waals surface area contributed by atoms with Gasteiger partial charge in [0.2, 0.25) is 5.91 Å². The van der Waals surface area contributed by atoms with Gasteiger partial charge in [-0.15, -0.1) is 0 Å². The minimum Gasteiger partial charge on any atom is -0.480 e. The van der Waals surface area contributed by atoms with Crippen LogP contribution in [0, 0.1) is 18.6 Å². The van der Waals surface area contributed by atoms with Crippen LogP contribution in [0.1, 0.15) is 39.9 Å². The van der Waals surface area contributed by atoms with Crippen LogP contribution in [0.25, 0.3) is 0 Å². The summed E-state index contributed by atoms with van der Waals surface area (Å²) in [5.41, 5.74) is 3.23. The van der Waals surface area contributed by atoms with Crippen LogP contribution in [0.4, 0.5) is 30.6 Å². The molecule has 3 aromatic rings. The van der Waals surface area contributed by atoms with Gasteiger partial charge in [0.25, 0.3) is 5.91 Å². The van der Waals surface area contributed by atoms with Crippen molar-refractivity contribution in [2.24, 2.45) is 0 Å². The highest BCUT2D eigenvalue weighted by Gasteiger charge is 2.37. The lowest BCUT2D eigenvalue weighted by molar-refractivity contribution is -0.136. The van der Waals surface area contributed by atoms with Gasteiger partial charge in [-0.25, -0.2) is 13.6 Å². The maximum Gasteiger partial charge on any atom is 0.323 e. The van der Waals surface area contributed by atoms with E-state index in [0.717, 1.165) is 58.0 Å². The summed E-state index contributed by atoms with van der Waals surface area (Å²) in [7, 11) is 0. The zero-order chi connectivity index (χ0) is 29.3. The van der Waals surface area contributed by atoms with Crippen molar-refractivity contribution < 1.29 is 33.1 Å². The molecule has 5 rings (SSSR count). The molecule has 0 fully saturated rings. The largest absolute Gasteiger partial charge is 0.480 e. The van der Waals surface area contributed by atoms with Crippen LogP contribution in [-0.2, 0) is 22.6 Å². The molecule has 3 aromatic carbocycles. The molecule has 0 aliphatic carbocycles. The Bertz CT molecular complexity index is 1560. The molecule has 0 bridgehead atoms. The van der Waals surface area contributed by atoms with Gasteiger partial charge in [0.15, 0.2) is 11.6 Å². The lowest BCUT2D eigenvalue weighted by Crippen LogP contribution is -2.52. The third-order valence-electron chi connectivity index (χ3n) is 7.37. The van der Waals surface area contributed by atoms with E-state index in [0.29, 0.717) is 17.7 Å². The number of benzene rings is 3. The number of nitrogens with one attached hydrogen (secondary N) is 1. The van der Waals surface area contributed by atoms with Crippen molar-refractivity contribution in [3.05, 3.63) is 88.5 Å². The fourth-order valence-corrected chi connectivity index (χ4v) is 5.27. The summed E-state index contributed by atoms with van der Waals surface area (Å²) in [5, 5.41) is 11.8. The molecule has 0 unspecified atom stereocenters. The number of aliphatic carboxylic acids is 1. The fourth-order valence-electron chi connectivity index (χ4n) is 5.27. The van der Waals surface area contributed by atoms with Gasteiger partial charge in [0, 0.05) is 24.3 Å². The maximum atomic E-state index is 14.8. The van der Waals surface area contributed by atoms with Crippen LogP contribution in [-0.4, -0.2) is 48.6 Å². The molecule has 2 N–H and O–H groups in total. The second-order valence-corrected chi connectivity index (χ2v) is 10.0. The highest BCUT2D eigenvalue weighted by molar-refractivity contribution is 6.12. The number of hydrogen-bond acceptors (Lipinski definition) is 4. The molecule has 2 aliphatic rings. The van der Waals surface area contributed by atoms with Gasteiger partial charge in [-0.3, -0.25) is 24.2 Å². The van der Waals surface area contributed by atoms with E-state index >= 15 is 0 Å². The SMILES string of the molecule is Cc1cc(C(=O)N2CCCCc3ccccc32)ccc1CNC(=O)N1CC(=O)N(CC(=O)O)c2ccc(F)c(F)c21. The predicted molar refractivity (Wildman–Crippen MR) is 148 cm³/mol. The number of carboxylic acids is 1. The van der Waals surface area contributed by atoms with Gasteiger partial charge < -0.3 is 15.3 Å². The normalized spacial score (nSPS) is 14.7. The summed E-state index contributed by atoms with van der Waals surface area (Å²) in [5.74, 6) is -4.83. The van der Waals surface area contributed by atoms with Crippen LogP contribution in [0.2, 0.25) is 0 Å². The van der Waals surface area contributed by atoms with Gasteiger partial charge in [-0.2, -0.15) is 0 Å². The van der Waals surface area contributed by atoms with Crippen LogP contribution < -0.4 is 20.0 Å². The molecule has 0 radical (unpaired) electrons. The van der Waals surface area contributed by atoms with Crippen LogP contribution in [0.3, 0.4) is 0 Å². The van der Waals surface area contributed by atoms with Crippen LogP contribution in [0.5, 0.6) is 0 Å². The molecule has 11 heteroatoms. The lowest BCUT2D eigenvalue weighted by Gasteiger charge is -2.35. The van der Waals surface area contributed by atoms with E-state index in [9.17, 15) is 28.0 Å². The van der Waals surface area contributed by atoms with E-state index in [-0.39, 0.29) is 18.1 Å². The topological polar surface area (TPSA) is 110 Å². The van der Waals surface area contributed by atoms with Crippen molar-refractivity contribution in [1.29, 1.82) is 0 Å². The number of nitrogens with zero attached hydrogens (tertiary/aromatic N) is 3. The Kier molecular flexibility index (Phi) is 7.69. The summed E-state index contributed by atoms with van der Waals surface area (Å²) in [4.78, 5) is 53.8. The van der Waals surface area contributed by atoms with E-state index in [1.54, 1.807) is 30.0 Å². The van der Waals surface area contributed by atoms with Crippen molar-refractivity contribution in [2.45, 2.75) is 32.7 Å². The molecule has 2 aliphatic heterocycles. The third-order valence-corrected chi connectivity index (χ3v) is 7.37. The molecular formula is C30H28F2N4O5. The Morgan fingerprint density at radius 2 is 1.76 bits per heavy atom. The first-order valence-corrected chi connectivity index (χ1v) is 13.2. The number of urea groups is 1. The number of amides is 4. The molecule has 212 valence electrons. The summed E-state index contributed by atoms with van der Waals surface area (Å²) in [6.45, 7) is 0.967. The van der Waals surface area contributed by atoms with E-state index < -0.39 is 48.3 Å². The second-order valence-electron chi connectivity index (χ2n) is 10.0. The number of rotatable bonds is 5. The van der Waals surface area contributed by atoms with Crippen molar-refractivity contribution in [3.8, 4) is 0 Å². The minimum absolute atomic E-state index is 0.0124. The second kappa shape index (κ2) is 11.4. The van der Waals surface area contributed by atoms with E-state index in [1.807, 2.05) is 24.3 Å². The number of anilines is 3. The van der Waals surface area contributed by atoms with Gasteiger partial charge in [-0.05, 0) is 73.2 Å². The Balaban J connectivity index is 1.33. The number of hydrogen-bond donors (Lipinski definition) is 2. The Morgan fingerprint density at radius 1 is 0.976 bits per heavy atom. The Morgan fingerprint density at radius 3 is 2.51 bits per heavy atom. The van der Waals surface area contributed by atoms with Crippen molar-refractivity contribution in [3.63, 3.8) is 0 Å². The van der Waals surface area contributed by atoms with E-state index in [2.05, 4.69) is 5.32 Å². The van der Waals surface area contributed by atoms with Gasteiger partial charge >= 0.3 is 12.0 Å². The predicted octanol–water partition coefficient (Wildman–Crippen LogP) is 4.40. The zero-order valence-corrected chi connectivity index (χ0v) is 22.3. The van der Waals surface area contributed by atoms with E-state index in [4.69, 9.17) is 5.11 Å². The first-order valence-electron chi connectivity index (χ1n) is 13.2. The lowest BCUT2D eigenvalue weighted by atomic mass is 10.0.